The molecule has 2 N–H and O–H groups in total. The number of imidazole rings is 1. The molecule has 0 aliphatic carbocycles. The molecule has 2 aromatic heterocycles. The average molecular weight is 331 g/mol. The maximum absolute atomic E-state index is 5.70. The Balaban J connectivity index is 2.28. The summed E-state index contributed by atoms with van der Waals surface area (Å²) in [5.41, 5.74) is 9.26. The van der Waals surface area contributed by atoms with Gasteiger partial charge < -0.3 is 10.3 Å². The lowest BCUT2D eigenvalue weighted by atomic mass is 10.2. The smallest absolute Gasteiger partial charge is 0.160 e. The summed E-state index contributed by atoms with van der Waals surface area (Å²) in [5, 5.41) is 0. The second kappa shape index (κ2) is 4.90. The molecule has 1 aromatic carbocycles. The van der Waals surface area contributed by atoms with Gasteiger partial charge in [0.05, 0.1) is 22.9 Å². The summed E-state index contributed by atoms with van der Waals surface area (Å²) < 4.78 is 3.22. The number of pyridine rings is 1. The molecule has 0 aliphatic rings. The zero-order valence-electron chi connectivity index (χ0n) is 11.3. The standard InChI is InChI=1S/C15H15BrN4/c1-9(2)20-14-6-3-10(16)7-13(14)19-15(20)12-5-4-11(17)8-18-12/h3-9H,17H2,1-2H3. The van der Waals surface area contributed by atoms with E-state index >= 15 is 0 Å². The van der Waals surface area contributed by atoms with Crippen LogP contribution in [0.15, 0.2) is 41.0 Å². The number of hydrogen-bond acceptors (Lipinski definition) is 3. The Kier molecular flexibility index (Phi) is 3.22. The topological polar surface area (TPSA) is 56.7 Å². The first kappa shape index (κ1) is 13.1. The van der Waals surface area contributed by atoms with Crippen LogP contribution in [0.5, 0.6) is 0 Å². The van der Waals surface area contributed by atoms with Crippen LogP contribution in [-0.2, 0) is 0 Å². The van der Waals surface area contributed by atoms with Gasteiger partial charge in [0, 0.05) is 10.5 Å². The Hall–Kier alpha value is -1.88. The number of aromatic nitrogens is 3. The van der Waals surface area contributed by atoms with Gasteiger partial charge in [-0.2, -0.15) is 0 Å². The van der Waals surface area contributed by atoms with E-state index in [9.17, 15) is 0 Å². The molecule has 0 aliphatic heterocycles. The lowest BCUT2D eigenvalue weighted by Gasteiger charge is -2.12. The van der Waals surface area contributed by atoms with E-state index in [0.717, 1.165) is 27.0 Å². The maximum Gasteiger partial charge on any atom is 0.160 e. The highest BCUT2D eigenvalue weighted by Gasteiger charge is 2.15. The third-order valence-electron chi connectivity index (χ3n) is 3.18. The van der Waals surface area contributed by atoms with Crippen molar-refractivity contribution in [3.63, 3.8) is 0 Å². The fourth-order valence-electron chi connectivity index (χ4n) is 2.31. The van der Waals surface area contributed by atoms with Gasteiger partial charge in [0.1, 0.15) is 5.69 Å². The molecule has 0 spiro atoms. The summed E-state index contributed by atoms with van der Waals surface area (Å²) in [5.74, 6) is 0.869. The molecule has 0 radical (unpaired) electrons. The van der Waals surface area contributed by atoms with Crippen LogP contribution in [0.3, 0.4) is 0 Å². The molecule has 5 heteroatoms. The summed E-state index contributed by atoms with van der Waals surface area (Å²) in [6.45, 7) is 4.29. The Morgan fingerprint density at radius 1 is 1.20 bits per heavy atom. The molecule has 0 fully saturated rings. The van der Waals surface area contributed by atoms with Gasteiger partial charge in [-0.25, -0.2) is 4.98 Å². The first-order valence-corrected chi connectivity index (χ1v) is 7.25. The minimum Gasteiger partial charge on any atom is -0.397 e. The quantitative estimate of drug-likeness (QED) is 0.771. The Morgan fingerprint density at radius 3 is 2.65 bits per heavy atom. The van der Waals surface area contributed by atoms with E-state index in [1.807, 2.05) is 24.3 Å². The third kappa shape index (κ3) is 2.18. The van der Waals surface area contributed by atoms with E-state index in [0.29, 0.717) is 11.7 Å². The number of nitrogens with two attached hydrogens (primary N) is 1. The van der Waals surface area contributed by atoms with Crippen molar-refractivity contribution in [1.82, 2.24) is 14.5 Å². The van der Waals surface area contributed by atoms with Crippen LogP contribution in [-0.4, -0.2) is 14.5 Å². The zero-order valence-corrected chi connectivity index (χ0v) is 12.9. The second-order valence-electron chi connectivity index (χ2n) is 5.01. The highest BCUT2D eigenvalue weighted by Crippen LogP contribution is 2.29. The Morgan fingerprint density at radius 2 is 2.00 bits per heavy atom. The molecule has 0 unspecified atom stereocenters. The van der Waals surface area contributed by atoms with Crippen molar-refractivity contribution in [1.29, 1.82) is 0 Å². The van der Waals surface area contributed by atoms with Crippen LogP contribution in [0.1, 0.15) is 19.9 Å². The SMILES string of the molecule is CC(C)n1c(-c2ccc(N)cn2)nc2cc(Br)ccc21. The molecular weight excluding hydrogens is 316 g/mol. The fourth-order valence-corrected chi connectivity index (χ4v) is 2.66. The number of fused-ring (bicyclic) bond motifs is 1. The lowest BCUT2D eigenvalue weighted by molar-refractivity contribution is 0.623. The number of nitrogens with zero attached hydrogens (tertiary/aromatic N) is 3. The number of benzene rings is 1. The van der Waals surface area contributed by atoms with Crippen LogP contribution in [0.4, 0.5) is 5.69 Å². The molecule has 0 saturated heterocycles. The van der Waals surface area contributed by atoms with Crippen molar-refractivity contribution in [3.05, 3.63) is 41.0 Å². The first-order valence-electron chi connectivity index (χ1n) is 6.45. The minimum atomic E-state index is 0.301. The van der Waals surface area contributed by atoms with Crippen molar-refractivity contribution in [2.24, 2.45) is 0 Å². The van der Waals surface area contributed by atoms with Crippen LogP contribution >= 0.6 is 15.9 Å². The molecule has 0 amide bonds. The number of halogens is 1. The first-order chi connectivity index (χ1) is 9.56. The van der Waals surface area contributed by atoms with Gasteiger partial charge in [0.2, 0.25) is 0 Å². The predicted octanol–water partition coefficient (Wildman–Crippen LogP) is 4.02. The third-order valence-corrected chi connectivity index (χ3v) is 3.68. The fraction of sp³-hybridized carbons (Fsp3) is 0.200. The van der Waals surface area contributed by atoms with E-state index in [4.69, 9.17) is 10.7 Å². The van der Waals surface area contributed by atoms with E-state index in [1.165, 1.54) is 0 Å². The van der Waals surface area contributed by atoms with Crippen LogP contribution < -0.4 is 5.73 Å². The lowest BCUT2D eigenvalue weighted by Crippen LogP contribution is -2.04. The van der Waals surface area contributed by atoms with Gasteiger partial charge >= 0.3 is 0 Å². The van der Waals surface area contributed by atoms with Crippen molar-refractivity contribution >= 4 is 32.7 Å². The Labute approximate surface area is 125 Å². The average Bonchev–Trinajstić information content (AvgIpc) is 2.77. The van der Waals surface area contributed by atoms with Crippen molar-refractivity contribution in [2.75, 3.05) is 5.73 Å². The van der Waals surface area contributed by atoms with Crippen molar-refractivity contribution in [2.45, 2.75) is 19.9 Å². The molecule has 0 saturated carbocycles. The second-order valence-corrected chi connectivity index (χ2v) is 5.92. The van der Waals surface area contributed by atoms with E-state index in [-0.39, 0.29) is 0 Å². The molecule has 3 rings (SSSR count). The number of anilines is 1. The summed E-state index contributed by atoms with van der Waals surface area (Å²) in [4.78, 5) is 9.11. The molecule has 3 aromatic rings. The summed E-state index contributed by atoms with van der Waals surface area (Å²) in [6, 6.07) is 10.2. The van der Waals surface area contributed by atoms with Crippen LogP contribution in [0, 0.1) is 0 Å². The van der Waals surface area contributed by atoms with Gasteiger partial charge in [-0.05, 0) is 44.2 Å². The molecular formula is C15H15BrN4. The Bertz CT molecular complexity index is 759. The molecule has 0 bridgehead atoms. The number of hydrogen-bond donors (Lipinski definition) is 1. The van der Waals surface area contributed by atoms with E-state index in [1.54, 1.807) is 6.20 Å². The normalized spacial score (nSPS) is 11.4. The molecule has 0 atom stereocenters. The van der Waals surface area contributed by atoms with Crippen molar-refractivity contribution in [3.8, 4) is 11.5 Å². The van der Waals surface area contributed by atoms with Gasteiger partial charge in [-0.15, -0.1) is 0 Å². The highest BCUT2D eigenvalue weighted by molar-refractivity contribution is 9.10. The van der Waals surface area contributed by atoms with E-state index in [2.05, 4.69) is 45.4 Å². The molecule has 2 heterocycles. The maximum atomic E-state index is 5.70. The molecule has 102 valence electrons. The molecule has 4 nitrogen and oxygen atoms in total. The summed E-state index contributed by atoms with van der Waals surface area (Å²) >= 11 is 3.49. The molecule has 20 heavy (non-hydrogen) atoms. The number of nitrogen functional groups attached to an aromatic ring is 1. The minimum absolute atomic E-state index is 0.301. The van der Waals surface area contributed by atoms with Gasteiger partial charge in [0.25, 0.3) is 0 Å². The van der Waals surface area contributed by atoms with Gasteiger partial charge in [-0.1, -0.05) is 15.9 Å². The van der Waals surface area contributed by atoms with Gasteiger partial charge in [-0.3, -0.25) is 4.98 Å². The highest BCUT2D eigenvalue weighted by atomic mass is 79.9. The number of rotatable bonds is 2. The van der Waals surface area contributed by atoms with E-state index < -0.39 is 0 Å². The summed E-state index contributed by atoms with van der Waals surface area (Å²) in [7, 11) is 0. The predicted molar refractivity (Wildman–Crippen MR) is 85.5 cm³/mol. The van der Waals surface area contributed by atoms with Crippen LogP contribution in [0.25, 0.3) is 22.6 Å². The summed E-state index contributed by atoms with van der Waals surface area (Å²) in [6.07, 6.45) is 1.66. The largest absolute Gasteiger partial charge is 0.397 e. The zero-order chi connectivity index (χ0) is 14.3. The van der Waals surface area contributed by atoms with Crippen LogP contribution in [0.2, 0.25) is 0 Å². The van der Waals surface area contributed by atoms with Crippen molar-refractivity contribution < 1.29 is 0 Å². The van der Waals surface area contributed by atoms with Gasteiger partial charge in [0.15, 0.2) is 5.82 Å². The monoisotopic (exact) mass is 330 g/mol.